The van der Waals surface area contributed by atoms with E-state index < -0.39 is 0 Å². The van der Waals surface area contributed by atoms with Gasteiger partial charge in [-0.05, 0) is 54.8 Å². The number of carbonyl (C=O) groups is 1. The average Bonchev–Trinajstić information content (AvgIpc) is 3.00. The predicted molar refractivity (Wildman–Crippen MR) is 162 cm³/mol. The maximum atomic E-state index is 12.3. The quantitative estimate of drug-likeness (QED) is 0.187. The summed E-state index contributed by atoms with van der Waals surface area (Å²) in [5.41, 5.74) is 4.33. The first-order valence-electron chi connectivity index (χ1n) is 13.8. The van der Waals surface area contributed by atoms with E-state index in [0.29, 0.717) is 23.9 Å². The molecule has 2 N–H and O–H groups in total. The van der Waals surface area contributed by atoms with Crippen LogP contribution >= 0.6 is 0 Å². The molecule has 9 heteroatoms. The van der Waals surface area contributed by atoms with Crippen LogP contribution in [0.5, 0.6) is 11.5 Å². The van der Waals surface area contributed by atoms with Crippen LogP contribution in [0.25, 0.3) is 17.0 Å². The highest BCUT2D eigenvalue weighted by atomic mass is 16.5. The number of methoxy groups -OCH3 is 1. The lowest BCUT2D eigenvalue weighted by atomic mass is 10.1. The van der Waals surface area contributed by atoms with Crippen molar-refractivity contribution in [2.75, 3.05) is 57.2 Å². The van der Waals surface area contributed by atoms with Crippen molar-refractivity contribution in [2.24, 2.45) is 0 Å². The number of para-hydroxylation sites is 1. The Morgan fingerprint density at radius 2 is 1.85 bits per heavy atom. The number of hydrogen-bond acceptors (Lipinski definition) is 8. The van der Waals surface area contributed by atoms with E-state index in [1.807, 2.05) is 67.6 Å². The third-order valence-electron chi connectivity index (χ3n) is 6.90. The molecule has 1 aliphatic heterocycles. The fraction of sp³-hybridized carbons (Fsp3) is 0.281. The second-order valence-corrected chi connectivity index (χ2v) is 9.78. The van der Waals surface area contributed by atoms with E-state index in [-0.39, 0.29) is 5.91 Å². The third-order valence-corrected chi connectivity index (χ3v) is 6.90. The Hall–Kier alpha value is -4.47. The van der Waals surface area contributed by atoms with Crippen LogP contribution < -0.4 is 20.1 Å². The molecule has 3 aromatic carbocycles. The first-order chi connectivity index (χ1) is 20.1. The van der Waals surface area contributed by atoms with Crippen LogP contribution in [-0.4, -0.2) is 67.3 Å². The average molecular weight is 554 g/mol. The Morgan fingerprint density at radius 1 is 1.05 bits per heavy atom. The summed E-state index contributed by atoms with van der Waals surface area (Å²) in [4.78, 5) is 23.6. The number of hydrogen-bond donors (Lipinski definition) is 2. The predicted octanol–water partition coefficient (Wildman–Crippen LogP) is 5.44. The van der Waals surface area contributed by atoms with Crippen LogP contribution in [0.15, 0.2) is 73.1 Å². The fourth-order valence-electron chi connectivity index (χ4n) is 4.60. The number of aromatic nitrogens is 2. The van der Waals surface area contributed by atoms with E-state index in [0.717, 1.165) is 72.7 Å². The van der Waals surface area contributed by atoms with Gasteiger partial charge < -0.3 is 24.8 Å². The Morgan fingerprint density at radius 3 is 2.63 bits per heavy atom. The molecule has 0 aliphatic carbocycles. The monoisotopic (exact) mass is 553 g/mol. The number of aryl methyl sites for hydroxylation is 1. The molecule has 0 bridgehead atoms. The second-order valence-electron chi connectivity index (χ2n) is 9.78. The smallest absolute Gasteiger partial charge is 0.248 e. The lowest BCUT2D eigenvalue weighted by molar-refractivity contribution is -0.111. The van der Waals surface area contributed by atoms with Gasteiger partial charge in [0, 0.05) is 48.5 Å². The summed E-state index contributed by atoms with van der Waals surface area (Å²) in [5.74, 6) is 1.77. The molecule has 1 aliphatic rings. The largest absolute Gasteiger partial charge is 0.493 e. The molecule has 1 amide bonds. The van der Waals surface area contributed by atoms with Gasteiger partial charge in [-0.25, -0.2) is 9.97 Å². The molecule has 1 fully saturated rings. The van der Waals surface area contributed by atoms with Crippen molar-refractivity contribution in [3.63, 3.8) is 0 Å². The van der Waals surface area contributed by atoms with Crippen LogP contribution in [0.3, 0.4) is 0 Å². The van der Waals surface area contributed by atoms with Gasteiger partial charge in [0.15, 0.2) is 11.5 Å². The van der Waals surface area contributed by atoms with Gasteiger partial charge in [-0.3, -0.25) is 9.69 Å². The molecule has 5 rings (SSSR count). The van der Waals surface area contributed by atoms with Gasteiger partial charge in [0.1, 0.15) is 12.1 Å². The molecule has 0 radical (unpaired) electrons. The summed E-state index contributed by atoms with van der Waals surface area (Å²) in [6, 6.07) is 19.2. The van der Waals surface area contributed by atoms with Crippen molar-refractivity contribution in [3.05, 3.63) is 84.2 Å². The number of fused-ring (bicyclic) bond motifs is 1. The van der Waals surface area contributed by atoms with Gasteiger partial charge in [0.05, 0.1) is 32.4 Å². The lowest BCUT2D eigenvalue weighted by Crippen LogP contribution is -2.37. The summed E-state index contributed by atoms with van der Waals surface area (Å²) < 4.78 is 17.1. The standard InChI is InChI=1S/C32H35N5O4/c1-23-6-3-4-7-27(23)36-31(38)13-10-24-8-11-25(12-9-24)35-32-26-20-29(39-2)30(21-28(26)33-22-34-32)41-17-5-14-37-15-18-40-19-16-37/h3-4,6-13,20-22H,5,14-19H2,1-2H3,(H,36,38)(H,33,34,35)/b13-10+. The first-order valence-corrected chi connectivity index (χ1v) is 13.8. The Kier molecular flexibility index (Phi) is 9.41. The number of morpholine rings is 1. The summed E-state index contributed by atoms with van der Waals surface area (Å²) in [6.45, 7) is 7.06. The van der Waals surface area contributed by atoms with Crippen LogP contribution in [0.2, 0.25) is 0 Å². The molecule has 0 atom stereocenters. The van der Waals surface area contributed by atoms with Crippen molar-refractivity contribution < 1.29 is 19.0 Å². The van der Waals surface area contributed by atoms with Crippen molar-refractivity contribution in [3.8, 4) is 11.5 Å². The van der Waals surface area contributed by atoms with Gasteiger partial charge in [-0.15, -0.1) is 0 Å². The van der Waals surface area contributed by atoms with Crippen molar-refractivity contribution in [1.82, 2.24) is 14.9 Å². The maximum Gasteiger partial charge on any atom is 0.248 e. The minimum Gasteiger partial charge on any atom is -0.493 e. The fourth-order valence-corrected chi connectivity index (χ4v) is 4.60. The molecule has 212 valence electrons. The van der Waals surface area contributed by atoms with E-state index in [9.17, 15) is 4.79 Å². The highest BCUT2D eigenvalue weighted by molar-refractivity contribution is 6.02. The zero-order chi connectivity index (χ0) is 28.4. The van der Waals surface area contributed by atoms with E-state index in [4.69, 9.17) is 14.2 Å². The summed E-state index contributed by atoms with van der Waals surface area (Å²) in [7, 11) is 1.63. The SMILES string of the molecule is COc1cc2c(Nc3ccc(/C=C/C(=O)Nc4ccccc4C)cc3)ncnc2cc1OCCCN1CCOCC1. The second kappa shape index (κ2) is 13.7. The molecule has 0 spiro atoms. The van der Waals surface area contributed by atoms with Crippen molar-refractivity contribution in [2.45, 2.75) is 13.3 Å². The maximum absolute atomic E-state index is 12.3. The minimum atomic E-state index is -0.177. The van der Waals surface area contributed by atoms with Crippen LogP contribution in [0.4, 0.5) is 17.2 Å². The molecule has 1 saturated heterocycles. The number of benzene rings is 3. The van der Waals surface area contributed by atoms with Gasteiger partial charge in [0.2, 0.25) is 5.91 Å². The molecule has 4 aromatic rings. The third kappa shape index (κ3) is 7.59. The molecule has 9 nitrogen and oxygen atoms in total. The van der Waals surface area contributed by atoms with Crippen LogP contribution in [0, 0.1) is 6.92 Å². The van der Waals surface area contributed by atoms with Gasteiger partial charge in [-0.2, -0.15) is 0 Å². The summed E-state index contributed by atoms with van der Waals surface area (Å²) in [5, 5.41) is 7.10. The number of rotatable bonds is 11. The molecule has 0 unspecified atom stereocenters. The molecule has 2 heterocycles. The van der Waals surface area contributed by atoms with Gasteiger partial charge >= 0.3 is 0 Å². The highest BCUT2D eigenvalue weighted by Gasteiger charge is 2.13. The van der Waals surface area contributed by atoms with E-state index in [1.165, 1.54) is 12.4 Å². The number of nitrogens with one attached hydrogen (secondary N) is 2. The molecule has 0 saturated carbocycles. The summed E-state index contributed by atoms with van der Waals surface area (Å²) in [6.07, 6.45) is 5.76. The van der Waals surface area contributed by atoms with Gasteiger partial charge in [-0.1, -0.05) is 30.3 Å². The van der Waals surface area contributed by atoms with Crippen molar-refractivity contribution >= 4 is 40.1 Å². The topological polar surface area (TPSA) is 97.8 Å². The number of anilines is 3. The molecule has 41 heavy (non-hydrogen) atoms. The van der Waals surface area contributed by atoms with Crippen LogP contribution in [0.1, 0.15) is 17.5 Å². The minimum absolute atomic E-state index is 0.177. The van der Waals surface area contributed by atoms with E-state index in [1.54, 1.807) is 13.2 Å². The number of nitrogens with zero attached hydrogens (tertiary/aromatic N) is 3. The van der Waals surface area contributed by atoms with Gasteiger partial charge in [0.25, 0.3) is 0 Å². The molecular weight excluding hydrogens is 518 g/mol. The number of carbonyl (C=O) groups excluding carboxylic acids is 1. The first kappa shape index (κ1) is 28.1. The Bertz CT molecular complexity index is 1500. The number of amides is 1. The highest BCUT2D eigenvalue weighted by Crippen LogP contribution is 2.35. The molecular formula is C32H35N5O4. The van der Waals surface area contributed by atoms with Crippen molar-refractivity contribution in [1.29, 1.82) is 0 Å². The zero-order valence-electron chi connectivity index (χ0n) is 23.4. The van der Waals surface area contributed by atoms with Crippen LogP contribution in [-0.2, 0) is 9.53 Å². The summed E-state index contributed by atoms with van der Waals surface area (Å²) >= 11 is 0. The lowest BCUT2D eigenvalue weighted by Gasteiger charge is -2.26. The zero-order valence-corrected chi connectivity index (χ0v) is 23.4. The Balaban J connectivity index is 1.21. The van der Waals surface area contributed by atoms with E-state index >= 15 is 0 Å². The van der Waals surface area contributed by atoms with E-state index in [2.05, 4.69) is 25.5 Å². The normalized spacial score (nSPS) is 13.8. The Labute approximate surface area is 240 Å². The molecule has 1 aromatic heterocycles. The number of ether oxygens (including phenoxy) is 3.